The van der Waals surface area contributed by atoms with Crippen LogP contribution in [0.2, 0.25) is 0 Å². The van der Waals surface area contributed by atoms with Gasteiger partial charge >= 0.3 is 0 Å². The molecule has 2 aromatic rings. The van der Waals surface area contributed by atoms with Crippen LogP contribution in [0.1, 0.15) is 23.3 Å². The molecule has 3 heterocycles. The normalized spacial score (nSPS) is 15.8. The number of aryl methyl sites for hydroxylation is 1. The van der Waals surface area contributed by atoms with Crippen LogP contribution in [0.15, 0.2) is 17.5 Å². The lowest BCUT2D eigenvalue weighted by Gasteiger charge is -2.31. The Morgan fingerprint density at radius 1 is 1.38 bits per heavy atom. The zero-order valence-corrected chi connectivity index (χ0v) is 14.9. The summed E-state index contributed by atoms with van der Waals surface area (Å²) in [5, 5.41) is 4.92. The molecule has 1 aliphatic heterocycles. The van der Waals surface area contributed by atoms with Crippen molar-refractivity contribution in [3.63, 3.8) is 0 Å². The third kappa shape index (κ3) is 3.32. The van der Waals surface area contributed by atoms with Gasteiger partial charge in [0.15, 0.2) is 0 Å². The number of fused-ring (bicyclic) bond motifs is 1. The largest absolute Gasteiger partial charge is 0.383 e. The average molecular weight is 349 g/mol. The molecule has 1 N–H and O–H groups in total. The smallest absolute Gasteiger partial charge is 0.270 e. The van der Waals surface area contributed by atoms with Crippen molar-refractivity contribution in [2.75, 3.05) is 33.4 Å². The molecule has 0 spiro atoms. The molecule has 2 aromatic heterocycles. The molecule has 0 aromatic carbocycles. The van der Waals surface area contributed by atoms with Crippen molar-refractivity contribution in [2.24, 2.45) is 13.0 Å². The monoisotopic (exact) mass is 349 g/mol. The molecule has 3 rings (SSSR count). The summed E-state index contributed by atoms with van der Waals surface area (Å²) in [6, 6.07) is 4.00. The highest BCUT2D eigenvalue weighted by Gasteiger charge is 2.29. The van der Waals surface area contributed by atoms with Crippen LogP contribution in [0.5, 0.6) is 0 Å². The van der Waals surface area contributed by atoms with Gasteiger partial charge in [-0.2, -0.15) is 0 Å². The summed E-state index contributed by atoms with van der Waals surface area (Å²) in [6.07, 6.45) is 1.42. The van der Waals surface area contributed by atoms with E-state index in [1.54, 1.807) is 18.4 Å². The zero-order valence-electron chi connectivity index (χ0n) is 14.1. The molecular weight excluding hydrogens is 326 g/mol. The van der Waals surface area contributed by atoms with Gasteiger partial charge in [-0.15, -0.1) is 11.3 Å². The summed E-state index contributed by atoms with van der Waals surface area (Å²) in [7, 11) is 3.54. The molecule has 0 radical (unpaired) electrons. The number of nitrogens with zero attached hydrogens (tertiary/aromatic N) is 2. The quantitative estimate of drug-likeness (QED) is 0.838. The topological polar surface area (TPSA) is 63.6 Å². The van der Waals surface area contributed by atoms with Gasteiger partial charge in [0, 0.05) is 39.7 Å². The van der Waals surface area contributed by atoms with E-state index in [0.29, 0.717) is 39.1 Å². The molecule has 0 aliphatic carbocycles. The minimum absolute atomic E-state index is 0.0113. The lowest BCUT2D eigenvalue weighted by molar-refractivity contribution is -0.126. The van der Waals surface area contributed by atoms with Crippen LogP contribution in [0.4, 0.5) is 0 Å². The second-order valence-corrected chi connectivity index (χ2v) is 7.06. The van der Waals surface area contributed by atoms with Gasteiger partial charge in [-0.3, -0.25) is 9.59 Å². The Bertz CT molecular complexity index is 729. The van der Waals surface area contributed by atoms with Gasteiger partial charge in [0.1, 0.15) is 5.69 Å². The van der Waals surface area contributed by atoms with Crippen LogP contribution in [0.3, 0.4) is 0 Å². The Morgan fingerprint density at radius 3 is 2.79 bits per heavy atom. The van der Waals surface area contributed by atoms with Crippen molar-refractivity contribution in [1.82, 2.24) is 14.8 Å². The molecule has 24 heavy (non-hydrogen) atoms. The van der Waals surface area contributed by atoms with E-state index in [0.717, 1.165) is 15.9 Å². The number of hydrogen-bond acceptors (Lipinski definition) is 4. The third-order valence-corrected chi connectivity index (χ3v) is 5.49. The first kappa shape index (κ1) is 17.0. The van der Waals surface area contributed by atoms with Crippen LogP contribution < -0.4 is 5.32 Å². The van der Waals surface area contributed by atoms with Gasteiger partial charge in [-0.1, -0.05) is 0 Å². The van der Waals surface area contributed by atoms with Crippen molar-refractivity contribution in [3.05, 3.63) is 23.2 Å². The average Bonchev–Trinajstić information content (AvgIpc) is 3.18. The van der Waals surface area contributed by atoms with Gasteiger partial charge in [0.2, 0.25) is 5.91 Å². The molecule has 0 unspecified atom stereocenters. The number of methoxy groups -OCH3 is 1. The van der Waals surface area contributed by atoms with Crippen LogP contribution in [0, 0.1) is 5.92 Å². The lowest BCUT2D eigenvalue weighted by Crippen LogP contribution is -2.43. The molecule has 6 nitrogen and oxygen atoms in total. The number of aromatic nitrogens is 1. The maximum Gasteiger partial charge on any atom is 0.270 e. The van der Waals surface area contributed by atoms with Gasteiger partial charge in [0.05, 0.1) is 16.8 Å². The number of carbonyl (C=O) groups is 2. The number of nitrogens with one attached hydrogen (secondary N) is 1. The Kier molecular flexibility index (Phi) is 5.20. The van der Waals surface area contributed by atoms with Gasteiger partial charge in [0.25, 0.3) is 5.91 Å². The molecule has 130 valence electrons. The van der Waals surface area contributed by atoms with E-state index in [1.165, 1.54) is 0 Å². The summed E-state index contributed by atoms with van der Waals surface area (Å²) in [5.41, 5.74) is 1.82. The first-order valence-electron chi connectivity index (χ1n) is 8.20. The van der Waals surface area contributed by atoms with E-state index >= 15 is 0 Å². The standard InChI is InChI=1S/C17H23N3O3S/c1-19-13-5-10-24-15(13)11-14(19)17(22)20-7-3-12(4-8-20)16(21)18-6-9-23-2/h5,10-12H,3-4,6-9H2,1-2H3,(H,18,21). The van der Waals surface area contributed by atoms with E-state index in [4.69, 9.17) is 4.74 Å². The Labute approximate surface area is 145 Å². The predicted molar refractivity (Wildman–Crippen MR) is 94.3 cm³/mol. The van der Waals surface area contributed by atoms with Gasteiger partial charge in [-0.05, 0) is 30.4 Å². The summed E-state index contributed by atoms with van der Waals surface area (Å²) < 4.78 is 8.03. The summed E-state index contributed by atoms with van der Waals surface area (Å²) in [6.45, 7) is 2.31. The SMILES string of the molecule is COCCNC(=O)C1CCN(C(=O)c2cc3sccc3n2C)CC1. The second kappa shape index (κ2) is 7.36. The number of carbonyl (C=O) groups excluding carboxylic acids is 2. The highest BCUT2D eigenvalue weighted by Crippen LogP contribution is 2.26. The van der Waals surface area contributed by atoms with Gasteiger partial charge in [-0.25, -0.2) is 0 Å². The lowest BCUT2D eigenvalue weighted by atomic mass is 9.95. The van der Waals surface area contributed by atoms with E-state index in [1.807, 2.05) is 34.0 Å². The summed E-state index contributed by atoms with van der Waals surface area (Å²) in [5.74, 6) is 0.112. The number of thiophene rings is 1. The minimum Gasteiger partial charge on any atom is -0.383 e. The van der Waals surface area contributed by atoms with Crippen molar-refractivity contribution < 1.29 is 14.3 Å². The van der Waals surface area contributed by atoms with E-state index in [2.05, 4.69) is 5.32 Å². The van der Waals surface area contributed by atoms with Crippen LogP contribution in [-0.2, 0) is 16.6 Å². The molecule has 1 saturated heterocycles. The fourth-order valence-corrected chi connectivity index (χ4v) is 4.03. The number of rotatable bonds is 5. The van der Waals surface area contributed by atoms with Crippen LogP contribution in [-0.4, -0.2) is 54.6 Å². The summed E-state index contributed by atoms with van der Waals surface area (Å²) >= 11 is 1.65. The molecule has 1 aliphatic rings. The van der Waals surface area contributed by atoms with Crippen LogP contribution >= 0.6 is 11.3 Å². The van der Waals surface area contributed by atoms with Crippen molar-refractivity contribution in [1.29, 1.82) is 0 Å². The highest BCUT2D eigenvalue weighted by molar-refractivity contribution is 7.17. The molecule has 2 amide bonds. The number of ether oxygens (including phenoxy) is 1. The Morgan fingerprint density at radius 2 is 2.12 bits per heavy atom. The van der Waals surface area contributed by atoms with Crippen molar-refractivity contribution >= 4 is 33.4 Å². The Balaban J connectivity index is 1.58. The fourth-order valence-electron chi connectivity index (χ4n) is 3.18. The van der Waals surface area contributed by atoms with Gasteiger partial charge < -0.3 is 19.5 Å². The zero-order chi connectivity index (χ0) is 17.1. The highest BCUT2D eigenvalue weighted by atomic mass is 32.1. The number of piperidine rings is 1. The number of hydrogen-bond donors (Lipinski definition) is 1. The maximum atomic E-state index is 12.8. The summed E-state index contributed by atoms with van der Waals surface area (Å²) in [4.78, 5) is 26.7. The number of amides is 2. The van der Waals surface area contributed by atoms with E-state index in [-0.39, 0.29) is 17.7 Å². The molecule has 7 heteroatoms. The first-order valence-corrected chi connectivity index (χ1v) is 9.08. The van der Waals surface area contributed by atoms with E-state index in [9.17, 15) is 9.59 Å². The fraction of sp³-hybridized carbons (Fsp3) is 0.529. The Hall–Kier alpha value is -1.86. The molecule has 0 bridgehead atoms. The van der Waals surface area contributed by atoms with Crippen molar-refractivity contribution in [3.8, 4) is 0 Å². The molecular formula is C17H23N3O3S. The predicted octanol–water partition coefficient (Wildman–Crippen LogP) is 1.85. The minimum atomic E-state index is -0.0113. The first-order chi connectivity index (χ1) is 11.6. The number of likely N-dealkylation sites (tertiary alicyclic amines) is 1. The van der Waals surface area contributed by atoms with E-state index < -0.39 is 0 Å². The third-order valence-electron chi connectivity index (χ3n) is 4.64. The molecule has 0 saturated carbocycles. The second-order valence-electron chi connectivity index (χ2n) is 6.11. The maximum absolute atomic E-state index is 12.8. The van der Waals surface area contributed by atoms with Crippen LogP contribution in [0.25, 0.3) is 10.2 Å². The molecule has 1 fully saturated rings. The molecule has 0 atom stereocenters. The van der Waals surface area contributed by atoms with Crippen molar-refractivity contribution in [2.45, 2.75) is 12.8 Å².